The van der Waals surface area contributed by atoms with Gasteiger partial charge >= 0.3 is 0 Å². The normalized spacial score (nSPS) is 42.2. The van der Waals surface area contributed by atoms with Gasteiger partial charge in [-0.25, -0.2) is 0 Å². The monoisotopic (exact) mass is 313 g/mol. The smallest absolute Gasteiger partial charge is 0.0953 e. The van der Waals surface area contributed by atoms with Crippen molar-refractivity contribution >= 4 is 0 Å². The van der Waals surface area contributed by atoms with Crippen LogP contribution in [0.1, 0.15) is 66.2 Å². The minimum Gasteiger partial charge on any atom is -0.369 e. The Morgan fingerprint density at radius 1 is 1.39 bits per heavy atom. The quantitative estimate of drug-likeness (QED) is 0.513. The summed E-state index contributed by atoms with van der Waals surface area (Å²) < 4.78 is 6.06. The minimum absolute atomic E-state index is 0.0970. The van der Waals surface area contributed by atoms with Gasteiger partial charge in [-0.1, -0.05) is 23.3 Å². The van der Waals surface area contributed by atoms with Crippen LogP contribution in [0.3, 0.4) is 0 Å². The Balaban J connectivity index is 1.81. The molecule has 3 rings (SSSR count). The van der Waals surface area contributed by atoms with E-state index in [2.05, 4.69) is 45.9 Å². The fourth-order valence-corrected chi connectivity index (χ4v) is 5.07. The molecule has 1 aliphatic heterocycles. The maximum Gasteiger partial charge on any atom is 0.0953 e. The number of hydrogen-bond donors (Lipinski definition) is 0. The molecule has 0 radical (unpaired) electrons. The third kappa shape index (κ3) is 3.13. The molecule has 5 unspecified atom stereocenters. The molecule has 0 aromatic heterocycles. The van der Waals surface area contributed by atoms with Crippen molar-refractivity contribution in [3.8, 4) is 6.07 Å². The lowest BCUT2D eigenvalue weighted by molar-refractivity contribution is 0.0225. The number of nitriles is 1. The molecule has 2 aliphatic carbocycles. The van der Waals surface area contributed by atoms with Crippen LogP contribution in [-0.2, 0) is 4.74 Å². The van der Waals surface area contributed by atoms with Gasteiger partial charge in [0.2, 0.25) is 0 Å². The van der Waals surface area contributed by atoms with E-state index in [1.807, 2.05) is 0 Å². The van der Waals surface area contributed by atoms with Crippen molar-refractivity contribution in [2.24, 2.45) is 23.2 Å². The summed E-state index contributed by atoms with van der Waals surface area (Å²) >= 11 is 0. The number of nitrogens with zero attached hydrogens (tertiary/aromatic N) is 1. The van der Waals surface area contributed by atoms with Crippen LogP contribution in [0, 0.1) is 34.5 Å². The zero-order valence-corrected chi connectivity index (χ0v) is 15.2. The Hall–Kier alpha value is -1.07. The van der Waals surface area contributed by atoms with E-state index in [4.69, 9.17) is 4.74 Å². The van der Waals surface area contributed by atoms with Crippen molar-refractivity contribution in [3.05, 3.63) is 23.3 Å². The van der Waals surface area contributed by atoms with E-state index in [9.17, 15) is 5.26 Å². The van der Waals surface area contributed by atoms with Crippen molar-refractivity contribution in [2.75, 3.05) is 6.61 Å². The lowest BCUT2D eigenvalue weighted by Crippen LogP contribution is -2.46. The number of allylic oxidation sites excluding steroid dienone is 4. The Morgan fingerprint density at radius 3 is 2.74 bits per heavy atom. The summed E-state index contributed by atoms with van der Waals surface area (Å²) in [4.78, 5) is 0. The molecule has 5 atom stereocenters. The Kier molecular flexibility index (Phi) is 4.45. The zero-order chi connectivity index (χ0) is 16.7. The number of fused-ring (bicyclic) bond motifs is 1. The lowest BCUT2D eigenvalue weighted by Gasteiger charge is -2.49. The second-order valence-corrected chi connectivity index (χ2v) is 8.58. The molecule has 0 bridgehead atoms. The summed E-state index contributed by atoms with van der Waals surface area (Å²) in [6, 6.07) is 2.67. The summed E-state index contributed by atoms with van der Waals surface area (Å²) in [6.07, 6.45) is 11.6. The van der Waals surface area contributed by atoms with E-state index in [0.29, 0.717) is 17.8 Å². The van der Waals surface area contributed by atoms with Gasteiger partial charge < -0.3 is 4.74 Å². The molecule has 0 spiro atoms. The fraction of sp³-hybridized carbons (Fsp3) is 0.762. The highest BCUT2D eigenvalue weighted by Crippen LogP contribution is 2.58. The van der Waals surface area contributed by atoms with Gasteiger partial charge in [0.15, 0.2) is 0 Å². The van der Waals surface area contributed by atoms with Crippen molar-refractivity contribution in [1.29, 1.82) is 5.26 Å². The van der Waals surface area contributed by atoms with Gasteiger partial charge in [-0.3, -0.25) is 0 Å². The summed E-state index contributed by atoms with van der Waals surface area (Å²) in [6.45, 7) is 9.72. The second kappa shape index (κ2) is 6.10. The molecular formula is C21H31NO. The predicted octanol–water partition coefficient (Wildman–Crippen LogP) is 5.41. The molecule has 0 aromatic rings. The summed E-state index contributed by atoms with van der Waals surface area (Å²) in [7, 11) is 0. The Labute approximate surface area is 141 Å². The molecule has 1 saturated carbocycles. The molecule has 1 saturated heterocycles. The van der Waals surface area contributed by atoms with Crippen LogP contribution in [0.25, 0.3) is 0 Å². The molecular weight excluding hydrogens is 282 g/mol. The van der Waals surface area contributed by atoms with E-state index in [1.165, 1.54) is 17.6 Å². The molecule has 2 nitrogen and oxygen atoms in total. The number of rotatable bonds is 4. The van der Waals surface area contributed by atoms with Crippen LogP contribution < -0.4 is 0 Å². The third-order valence-electron chi connectivity index (χ3n) is 6.62. The molecule has 0 aromatic carbocycles. The Bertz CT molecular complexity index is 559. The number of hydrogen-bond acceptors (Lipinski definition) is 2. The van der Waals surface area contributed by atoms with Crippen LogP contribution in [0.15, 0.2) is 23.3 Å². The standard InChI is InChI=1S/C21H31NO/c1-15(2)6-5-10-21(14-23-21)19-9-11-20(4,13-22)18-8-7-16(3)12-17(18)19/h6,12,17-19H,5,7-11,14H2,1-4H3. The van der Waals surface area contributed by atoms with Gasteiger partial charge in [-0.2, -0.15) is 5.26 Å². The summed E-state index contributed by atoms with van der Waals surface area (Å²) in [5.74, 6) is 1.66. The van der Waals surface area contributed by atoms with Crippen LogP contribution in [0.2, 0.25) is 0 Å². The van der Waals surface area contributed by atoms with E-state index in [-0.39, 0.29) is 11.0 Å². The first-order chi connectivity index (χ1) is 10.9. The van der Waals surface area contributed by atoms with Crippen LogP contribution in [0.4, 0.5) is 0 Å². The van der Waals surface area contributed by atoms with Gasteiger partial charge in [0.05, 0.1) is 23.7 Å². The van der Waals surface area contributed by atoms with Crippen LogP contribution in [-0.4, -0.2) is 12.2 Å². The van der Waals surface area contributed by atoms with Crippen molar-refractivity contribution in [1.82, 2.24) is 0 Å². The number of ether oxygens (including phenoxy) is 1. The largest absolute Gasteiger partial charge is 0.369 e. The molecule has 0 amide bonds. The molecule has 23 heavy (non-hydrogen) atoms. The van der Waals surface area contributed by atoms with E-state index in [0.717, 1.165) is 38.7 Å². The van der Waals surface area contributed by atoms with Crippen LogP contribution >= 0.6 is 0 Å². The first-order valence-corrected chi connectivity index (χ1v) is 9.26. The minimum atomic E-state index is -0.144. The first-order valence-electron chi connectivity index (χ1n) is 9.26. The highest BCUT2D eigenvalue weighted by molar-refractivity contribution is 5.20. The van der Waals surface area contributed by atoms with Gasteiger partial charge in [0, 0.05) is 0 Å². The van der Waals surface area contributed by atoms with Crippen molar-refractivity contribution in [2.45, 2.75) is 71.8 Å². The van der Waals surface area contributed by atoms with Crippen LogP contribution in [0.5, 0.6) is 0 Å². The van der Waals surface area contributed by atoms with Crippen molar-refractivity contribution in [3.63, 3.8) is 0 Å². The molecule has 2 fully saturated rings. The van der Waals surface area contributed by atoms with E-state index in [1.54, 1.807) is 0 Å². The number of epoxide rings is 1. The van der Waals surface area contributed by atoms with E-state index < -0.39 is 0 Å². The molecule has 1 heterocycles. The SMILES string of the molecule is CC(C)=CCCC1(C2CCC(C)(C#N)C3CCC(C)=CC32)CO1. The van der Waals surface area contributed by atoms with Gasteiger partial charge in [-0.05, 0) is 84.0 Å². The molecule has 3 aliphatic rings. The molecule has 2 heteroatoms. The van der Waals surface area contributed by atoms with E-state index >= 15 is 0 Å². The van der Waals surface area contributed by atoms with Crippen molar-refractivity contribution < 1.29 is 4.74 Å². The Morgan fingerprint density at radius 2 is 2.13 bits per heavy atom. The highest BCUT2D eigenvalue weighted by atomic mass is 16.6. The lowest BCUT2D eigenvalue weighted by atomic mass is 9.54. The topological polar surface area (TPSA) is 36.3 Å². The first kappa shape index (κ1) is 16.8. The fourth-order valence-electron chi connectivity index (χ4n) is 5.07. The third-order valence-corrected chi connectivity index (χ3v) is 6.62. The second-order valence-electron chi connectivity index (χ2n) is 8.58. The molecule has 0 N–H and O–H groups in total. The maximum atomic E-state index is 9.75. The van der Waals surface area contributed by atoms with Gasteiger partial charge in [0.25, 0.3) is 0 Å². The molecule has 126 valence electrons. The summed E-state index contributed by atoms with van der Waals surface area (Å²) in [5, 5.41) is 9.75. The zero-order valence-electron chi connectivity index (χ0n) is 15.2. The maximum absolute atomic E-state index is 9.75. The predicted molar refractivity (Wildman–Crippen MR) is 93.8 cm³/mol. The van der Waals surface area contributed by atoms with Gasteiger partial charge in [-0.15, -0.1) is 0 Å². The highest BCUT2D eigenvalue weighted by Gasteiger charge is 2.58. The summed E-state index contributed by atoms with van der Waals surface area (Å²) in [5.41, 5.74) is 2.86. The average molecular weight is 313 g/mol. The van der Waals surface area contributed by atoms with Gasteiger partial charge in [0.1, 0.15) is 0 Å². The average Bonchev–Trinajstić information content (AvgIpc) is 3.27.